The van der Waals surface area contributed by atoms with Crippen LogP contribution in [0.2, 0.25) is 0 Å². The van der Waals surface area contributed by atoms with Crippen molar-refractivity contribution in [3.63, 3.8) is 0 Å². The minimum absolute atomic E-state index is 0.0856. The Hall–Kier alpha value is -6.95. The van der Waals surface area contributed by atoms with Gasteiger partial charge in [-0.1, -0.05) is 158 Å². The zero-order valence-corrected chi connectivity index (χ0v) is 30.5. The molecule has 3 heterocycles. The number of rotatable bonds is 6. The zero-order chi connectivity index (χ0) is 44.0. The van der Waals surface area contributed by atoms with Gasteiger partial charge in [0.25, 0.3) is 0 Å². The van der Waals surface area contributed by atoms with Crippen molar-refractivity contribution < 1.29 is 11.0 Å². The molecule has 0 spiro atoms. The van der Waals surface area contributed by atoms with E-state index in [1.54, 1.807) is 28.4 Å². The smallest absolute Gasteiger partial charge is 0.166 e. The highest BCUT2D eigenvalue weighted by Gasteiger charge is 2.38. The number of allylic oxidation sites excluding steroid dienone is 2. The third-order valence-corrected chi connectivity index (χ3v) is 11.7. The summed E-state index contributed by atoms with van der Waals surface area (Å²) in [5, 5.41) is 2.38. The number of para-hydroxylation sites is 2. The van der Waals surface area contributed by atoms with Gasteiger partial charge >= 0.3 is 0 Å². The average Bonchev–Trinajstić information content (AvgIpc) is 3.91. The third-order valence-electron chi connectivity index (χ3n) is 10.5. The summed E-state index contributed by atoms with van der Waals surface area (Å²) in [5.41, 5.74) is 6.99. The maximum atomic E-state index is 9.17. The Balaban J connectivity index is 1.08. The molecule has 2 atom stereocenters. The molecule has 7 aromatic carbocycles. The number of hydrogen-bond donors (Lipinski definition) is 0. The van der Waals surface area contributed by atoms with E-state index in [9.17, 15) is 1.37 Å². The van der Waals surface area contributed by atoms with Gasteiger partial charge in [-0.15, -0.1) is 11.3 Å². The van der Waals surface area contributed by atoms with Crippen LogP contribution in [-0.2, 0) is 0 Å². The zero-order valence-electron chi connectivity index (χ0n) is 37.7. The van der Waals surface area contributed by atoms with Gasteiger partial charge in [0.15, 0.2) is 17.5 Å². The lowest BCUT2D eigenvalue weighted by Crippen LogP contribution is -2.29. The maximum Gasteiger partial charge on any atom is 0.166 e. The van der Waals surface area contributed by atoms with Crippen LogP contribution in [-0.4, -0.2) is 21.0 Å². The van der Waals surface area contributed by atoms with Crippen LogP contribution in [0, 0.1) is 0 Å². The van der Waals surface area contributed by atoms with Crippen LogP contribution in [0.1, 0.15) is 22.4 Å². The molecule has 1 aliphatic carbocycles. The fourth-order valence-corrected chi connectivity index (χ4v) is 9.06. The first-order chi connectivity index (χ1) is 31.1. The summed E-state index contributed by atoms with van der Waals surface area (Å²) in [6, 6.07) is 44.2. The summed E-state index contributed by atoms with van der Waals surface area (Å²) in [4.78, 5) is 16.8. The first kappa shape index (κ1) is 25.2. The summed E-state index contributed by atoms with van der Waals surface area (Å²) >= 11 is 1.76. The second-order valence-corrected chi connectivity index (χ2v) is 14.8. The molecule has 0 bridgehead atoms. The Morgan fingerprint density at radius 3 is 2.05 bits per heavy atom. The number of fused-ring (bicyclic) bond motifs is 6. The number of benzene rings is 7. The number of hydrogen-bond acceptors (Lipinski definition) is 5. The highest BCUT2D eigenvalue weighted by molar-refractivity contribution is 7.26. The quantitative estimate of drug-likeness (QED) is 0.170. The fraction of sp³-hybridized carbons (Fsp3) is 0.0392. The van der Waals surface area contributed by atoms with Crippen molar-refractivity contribution in [2.45, 2.75) is 12.0 Å². The lowest BCUT2D eigenvalue weighted by Gasteiger charge is -2.30. The Labute approximate surface area is 340 Å². The van der Waals surface area contributed by atoms with Gasteiger partial charge in [-0.2, -0.15) is 0 Å². The molecule has 0 radical (unpaired) electrons. The SMILES string of the molecule is [2H]C1=C([2H])C2c3c([2H])c([2H])c([2H])c([2H])c3N(c3ccccc3-c3nc(-c4ccccc4)nc(-c4cccc(-c5cccc6c5sc5ccc(-c7ccccc7)cc56)c4)n3)C2C([2H])=C1[2H]. The van der Waals surface area contributed by atoms with Crippen molar-refractivity contribution in [1.29, 1.82) is 0 Å². The molecule has 0 saturated carbocycles. The highest BCUT2D eigenvalue weighted by Crippen LogP contribution is 2.49. The van der Waals surface area contributed by atoms with Gasteiger partial charge in [-0.3, -0.25) is 0 Å². The molecule has 4 nitrogen and oxygen atoms in total. The predicted octanol–water partition coefficient (Wildman–Crippen LogP) is 13.3. The summed E-state index contributed by atoms with van der Waals surface area (Å²) < 4.78 is 73.1. The molecule has 9 aromatic rings. The highest BCUT2D eigenvalue weighted by atomic mass is 32.1. The Kier molecular flexibility index (Phi) is 6.03. The summed E-state index contributed by atoms with van der Waals surface area (Å²) in [7, 11) is 0. The van der Waals surface area contributed by atoms with Crippen LogP contribution in [0.25, 0.3) is 76.6 Å². The summed E-state index contributed by atoms with van der Waals surface area (Å²) in [6.45, 7) is 0. The van der Waals surface area contributed by atoms with Crippen LogP contribution < -0.4 is 4.90 Å². The molecule has 264 valence electrons. The molecule has 0 fully saturated rings. The molecule has 2 aliphatic rings. The van der Waals surface area contributed by atoms with E-state index < -0.39 is 36.1 Å². The van der Waals surface area contributed by atoms with Crippen molar-refractivity contribution in [3.05, 3.63) is 200 Å². The van der Waals surface area contributed by atoms with Gasteiger partial charge in [0.05, 0.1) is 22.7 Å². The van der Waals surface area contributed by atoms with Crippen molar-refractivity contribution in [2.75, 3.05) is 4.90 Å². The number of nitrogens with zero attached hydrogens (tertiary/aromatic N) is 4. The summed E-state index contributed by atoms with van der Waals surface area (Å²) in [6.07, 6.45) is 0. The van der Waals surface area contributed by atoms with Gasteiger partial charge in [0.2, 0.25) is 0 Å². The first-order valence-corrected chi connectivity index (χ1v) is 19.2. The van der Waals surface area contributed by atoms with Crippen molar-refractivity contribution in [1.82, 2.24) is 15.0 Å². The van der Waals surface area contributed by atoms with Crippen LogP contribution in [0.5, 0.6) is 0 Å². The Bertz CT molecular complexity index is 3460. The Morgan fingerprint density at radius 1 is 0.500 bits per heavy atom. The van der Waals surface area contributed by atoms with Crippen LogP contribution in [0.15, 0.2) is 194 Å². The predicted molar refractivity (Wildman–Crippen MR) is 233 cm³/mol. The van der Waals surface area contributed by atoms with E-state index in [1.165, 1.54) is 25.7 Å². The molecule has 0 amide bonds. The van der Waals surface area contributed by atoms with E-state index in [0.29, 0.717) is 22.9 Å². The summed E-state index contributed by atoms with van der Waals surface area (Å²) in [5.74, 6) is -0.00530. The van der Waals surface area contributed by atoms with Crippen molar-refractivity contribution >= 4 is 42.9 Å². The van der Waals surface area contributed by atoms with Crippen molar-refractivity contribution in [3.8, 4) is 56.4 Å². The standard InChI is InChI=1S/C51H34N4S/c1-3-15-33(16-4-1)35-29-30-47-43(32-35)41-25-14-24-38(48(41)56-47)36-19-13-20-37(31-36)50-52-49(34-17-5-2-6-18-34)53-51(54-50)42-23-9-12-28-46(42)55-44-26-10-7-21-39(44)40-22-8-11-27-45(40)55/h1-32,39,44H/i7D,8D,10D,11D,21D,22D,26D,27D. The number of thiophene rings is 1. The molecule has 0 N–H and O–H groups in total. The van der Waals surface area contributed by atoms with Gasteiger partial charge < -0.3 is 4.90 Å². The topological polar surface area (TPSA) is 41.9 Å². The van der Waals surface area contributed by atoms with Gasteiger partial charge in [-0.05, 0) is 64.2 Å². The monoisotopic (exact) mass is 742 g/mol. The molecule has 5 heteroatoms. The average molecular weight is 743 g/mol. The molecular formula is C51H34N4S. The molecule has 11 rings (SSSR count). The first-order valence-electron chi connectivity index (χ1n) is 22.4. The van der Waals surface area contributed by atoms with Gasteiger partial charge in [0, 0.05) is 48.5 Å². The number of aromatic nitrogens is 3. The second-order valence-electron chi connectivity index (χ2n) is 13.7. The largest absolute Gasteiger partial charge is 0.333 e. The maximum absolute atomic E-state index is 9.17. The molecule has 0 saturated heterocycles. The lowest BCUT2D eigenvalue weighted by molar-refractivity contribution is 0.745. The third kappa shape index (κ3) is 5.47. The van der Waals surface area contributed by atoms with Crippen LogP contribution >= 0.6 is 11.3 Å². The van der Waals surface area contributed by atoms with E-state index >= 15 is 0 Å². The minimum Gasteiger partial charge on any atom is -0.333 e. The van der Waals surface area contributed by atoms with Crippen molar-refractivity contribution in [2.24, 2.45) is 0 Å². The van der Waals surface area contributed by atoms with E-state index in [2.05, 4.69) is 72.8 Å². The molecule has 2 unspecified atom stereocenters. The fourth-order valence-electron chi connectivity index (χ4n) is 7.85. The van der Waals surface area contributed by atoms with Crippen LogP contribution in [0.3, 0.4) is 0 Å². The normalized spacial score (nSPS) is 18.4. The molecular weight excluding hydrogens is 701 g/mol. The van der Waals surface area contributed by atoms with Crippen LogP contribution in [0.4, 0.5) is 11.4 Å². The lowest BCUT2D eigenvalue weighted by atomic mass is 9.91. The minimum atomic E-state index is -1.10. The van der Waals surface area contributed by atoms with E-state index in [4.69, 9.17) is 24.5 Å². The van der Waals surface area contributed by atoms with Gasteiger partial charge in [0.1, 0.15) is 0 Å². The Morgan fingerprint density at radius 2 is 1.18 bits per heavy atom. The molecule has 2 aromatic heterocycles. The molecule has 56 heavy (non-hydrogen) atoms. The number of anilines is 2. The van der Waals surface area contributed by atoms with E-state index in [0.717, 1.165) is 27.8 Å². The molecule has 1 aliphatic heterocycles. The van der Waals surface area contributed by atoms with Gasteiger partial charge in [-0.25, -0.2) is 15.0 Å². The van der Waals surface area contributed by atoms with E-state index in [1.807, 2.05) is 60.7 Å². The van der Waals surface area contributed by atoms with E-state index in [-0.39, 0.29) is 41.3 Å². The second kappa shape index (κ2) is 13.4.